The Morgan fingerprint density at radius 3 is 2.89 bits per heavy atom. The number of carbonyl (C=O) groups excluding carboxylic acids is 1. The van der Waals surface area contributed by atoms with E-state index < -0.39 is 0 Å². The molecule has 0 aliphatic heterocycles. The highest BCUT2D eigenvalue weighted by Crippen LogP contribution is 2.23. The first-order chi connectivity index (χ1) is 8.58. The fraction of sp³-hybridized carbons (Fsp3) is 0.154. The van der Waals surface area contributed by atoms with Crippen LogP contribution in [0.3, 0.4) is 0 Å². The second-order valence-electron chi connectivity index (χ2n) is 3.91. The summed E-state index contributed by atoms with van der Waals surface area (Å²) >= 11 is 7.38. The number of phenols is 1. The van der Waals surface area contributed by atoms with E-state index in [1.807, 2.05) is 23.8 Å². The molecule has 18 heavy (non-hydrogen) atoms. The molecule has 1 aromatic heterocycles. The highest BCUT2D eigenvalue weighted by atomic mass is 35.5. The van der Waals surface area contributed by atoms with Crippen LogP contribution in [0.25, 0.3) is 0 Å². The maximum absolute atomic E-state index is 12.0. The van der Waals surface area contributed by atoms with E-state index in [1.54, 1.807) is 11.3 Å². The number of benzene rings is 1. The van der Waals surface area contributed by atoms with Crippen LogP contribution in [0.1, 0.15) is 28.9 Å². The van der Waals surface area contributed by atoms with Crippen molar-refractivity contribution < 1.29 is 9.90 Å². The van der Waals surface area contributed by atoms with Gasteiger partial charge < -0.3 is 10.4 Å². The fourth-order valence-corrected chi connectivity index (χ4v) is 2.50. The Morgan fingerprint density at radius 1 is 1.44 bits per heavy atom. The summed E-state index contributed by atoms with van der Waals surface area (Å²) in [5, 5.41) is 16.8. The molecule has 94 valence electrons. The van der Waals surface area contributed by atoms with E-state index in [0.717, 1.165) is 5.56 Å². The molecule has 0 aliphatic carbocycles. The van der Waals surface area contributed by atoms with Crippen LogP contribution in [-0.2, 0) is 0 Å². The van der Waals surface area contributed by atoms with Crippen molar-refractivity contribution >= 4 is 28.8 Å². The Labute approximate surface area is 114 Å². The summed E-state index contributed by atoms with van der Waals surface area (Å²) in [6, 6.07) is 6.24. The van der Waals surface area contributed by atoms with Crippen LogP contribution in [0.15, 0.2) is 35.0 Å². The number of hydrogen-bond acceptors (Lipinski definition) is 3. The summed E-state index contributed by atoms with van der Waals surface area (Å²) in [5.74, 6) is -0.414. The molecule has 0 aliphatic rings. The van der Waals surface area contributed by atoms with Crippen LogP contribution in [0.2, 0.25) is 5.02 Å². The zero-order valence-corrected chi connectivity index (χ0v) is 11.3. The zero-order valence-electron chi connectivity index (χ0n) is 9.68. The Kier molecular flexibility index (Phi) is 3.89. The Bertz CT molecular complexity index is 554. The quantitative estimate of drug-likeness (QED) is 0.903. The van der Waals surface area contributed by atoms with Gasteiger partial charge in [0.05, 0.1) is 11.6 Å². The van der Waals surface area contributed by atoms with Crippen LogP contribution >= 0.6 is 22.9 Å². The summed E-state index contributed by atoms with van der Waals surface area (Å²) in [6.07, 6.45) is 0. The highest BCUT2D eigenvalue weighted by Gasteiger charge is 2.15. The molecule has 1 aromatic carbocycles. The first kappa shape index (κ1) is 12.9. The van der Waals surface area contributed by atoms with E-state index in [-0.39, 0.29) is 23.3 Å². The van der Waals surface area contributed by atoms with Gasteiger partial charge in [0.2, 0.25) is 0 Å². The fourth-order valence-electron chi connectivity index (χ4n) is 1.57. The number of thiophene rings is 1. The Balaban J connectivity index is 2.15. The van der Waals surface area contributed by atoms with Crippen LogP contribution < -0.4 is 5.32 Å². The molecule has 0 fully saturated rings. The molecule has 0 saturated carbocycles. The third kappa shape index (κ3) is 2.83. The highest BCUT2D eigenvalue weighted by molar-refractivity contribution is 7.07. The number of hydrogen-bond donors (Lipinski definition) is 2. The lowest BCUT2D eigenvalue weighted by molar-refractivity contribution is 0.0937. The van der Waals surface area contributed by atoms with E-state index in [1.165, 1.54) is 18.2 Å². The second-order valence-corrected chi connectivity index (χ2v) is 5.13. The molecule has 1 unspecified atom stereocenters. The van der Waals surface area contributed by atoms with Crippen LogP contribution in [0.5, 0.6) is 5.75 Å². The van der Waals surface area contributed by atoms with Gasteiger partial charge in [-0.2, -0.15) is 11.3 Å². The minimum absolute atomic E-state index is 0.0746. The minimum atomic E-state index is -0.339. The van der Waals surface area contributed by atoms with Crippen molar-refractivity contribution in [3.63, 3.8) is 0 Å². The van der Waals surface area contributed by atoms with Gasteiger partial charge in [-0.3, -0.25) is 4.79 Å². The van der Waals surface area contributed by atoms with Gasteiger partial charge in [-0.25, -0.2) is 0 Å². The second kappa shape index (κ2) is 5.42. The van der Waals surface area contributed by atoms with Crippen LogP contribution in [0.4, 0.5) is 0 Å². The van der Waals surface area contributed by atoms with Gasteiger partial charge in [0.15, 0.2) is 0 Å². The lowest BCUT2D eigenvalue weighted by Gasteiger charge is -2.13. The summed E-state index contributed by atoms with van der Waals surface area (Å²) in [5.41, 5.74) is 1.22. The third-order valence-corrected chi connectivity index (χ3v) is 3.53. The Hall–Kier alpha value is -1.52. The number of halogens is 1. The summed E-state index contributed by atoms with van der Waals surface area (Å²) in [4.78, 5) is 12.0. The van der Waals surface area contributed by atoms with Crippen molar-refractivity contribution in [2.24, 2.45) is 0 Å². The average Bonchev–Trinajstić information content (AvgIpc) is 2.85. The van der Waals surface area contributed by atoms with Crippen molar-refractivity contribution in [2.75, 3.05) is 0 Å². The average molecular weight is 282 g/mol. The molecule has 2 aromatic rings. The molecule has 2 rings (SSSR count). The number of phenolic OH excluding ortho intramolecular Hbond substituents is 1. The molecule has 1 amide bonds. The molecule has 1 heterocycles. The normalized spacial score (nSPS) is 12.1. The van der Waals surface area contributed by atoms with Gasteiger partial charge in [0.1, 0.15) is 5.75 Å². The minimum Gasteiger partial charge on any atom is -0.507 e. The van der Waals surface area contributed by atoms with Crippen molar-refractivity contribution in [1.82, 2.24) is 5.32 Å². The lowest BCUT2D eigenvalue weighted by Crippen LogP contribution is -2.26. The maximum Gasteiger partial charge on any atom is 0.255 e. The van der Waals surface area contributed by atoms with Crippen molar-refractivity contribution in [3.05, 3.63) is 51.2 Å². The molecule has 3 nitrogen and oxygen atoms in total. The lowest BCUT2D eigenvalue weighted by atomic mass is 10.1. The van der Waals surface area contributed by atoms with Crippen molar-refractivity contribution in [1.29, 1.82) is 0 Å². The van der Waals surface area contributed by atoms with E-state index >= 15 is 0 Å². The predicted molar refractivity (Wildman–Crippen MR) is 73.3 cm³/mol. The number of amides is 1. The van der Waals surface area contributed by atoms with Crippen LogP contribution in [-0.4, -0.2) is 11.0 Å². The topological polar surface area (TPSA) is 49.3 Å². The zero-order chi connectivity index (χ0) is 13.1. The first-order valence-electron chi connectivity index (χ1n) is 5.39. The first-order valence-corrected chi connectivity index (χ1v) is 6.71. The van der Waals surface area contributed by atoms with Gasteiger partial charge in [-0.15, -0.1) is 0 Å². The molecule has 0 spiro atoms. The van der Waals surface area contributed by atoms with E-state index in [9.17, 15) is 9.90 Å². The Morgan fingerprint density at radius 2 is 2.22 bits per heavy atom. The summed E-state index contributed by atoms with van der Waals surface area (Å²) < 4.78 is 0. The van der Waals surface area contributed by atoms with Crippen molar-refractivity contribution in [2.45, 2.75) is 13.0 Å². The predicted octanol–water partition coefficient (Wildman–Crippen LogP) is 3.60. The maximum atomic E-state index is 12.0. The molecule has 1 atom stereocenters. The largest absolute Gasteiger partial charge is 0.507 e. The number of rotatable bonds is 3. The molecular weight excluding hydrogens is 270 g/mol. The van der Waals surface area contributed by atoms with E-state index in [2.05, 4.69) is 5.32 Å². The number of nitrogens with one attached hydrogen (secondary N) is 1. The molecule has 0 saturated heterocycles. The van der Waals surface area contributed by atoms with Crippen LogP contribution in [0, 0.1) is 0 Å². The standard InChI is InChI=1S/C13H12ClNO2S/c1-8(9-4-5-18-7-9)15-13(17)11-6-10(14)2-3-12(11)16/h2-8,16H,1H3,(H,15,17). The summed E-state index contributed by atoms with van der Waals surface area (Å²) in [6.45, 7) is 1.89. The van der Waals surface area contributed by atoms with Crippen molar-refractivity contribution in [3.8, 4) is 5.75 Å². The number of carbonyl (C=O) groups is 1. The van der Waals surface area contributed by atoms with E-state index in [4.69, 9.17) is 11.6 Å². The molecule has 0 bridgehead atoms. The molecular formula is C13H12ClNO2S. The van der Waals surface area contributed by atoms with E-state index in [0.29, 0.717) is 5.02 Å². The smallest absolute Gasteiger partial charge is 0.255 e. The molecule has 0 radical (unpaired) electrons. The van der Waals surface area contributed by atoms with Gasteiger partial charge in [0.25, 0.3) is 5.91 Å². The molecule has 5 heteroatoms. The van der Waals surface area contributed by atoms with Gasteiger partial charge in [0, 0.05) is 5.02 Å². The SMILES string of the molecule is CC(NC(=O)c1cc(Cl)ccc1O)c1ccsc1. The monoisotopic (exact) mass is 281 g/mol. The van der Waals surface area contributed by atoms with Gasteiger partial charge >= 0.3 is 0 Å². The summed E-state index contributed by atoms with van der Waals surface area (Å²) in [7, 11) is 0. The number of aromatic hydroxyl groups is 1. The van der Waals surface area contributed by atoms with Gasteiger partial charge in [-0.05, 0) is 47.5 Å². The third-order valence-electron chi connectivity index (χ3n) is 2.59. The molecule has 2 N–H and O–H groups in total. The van der Waals surface area contributed by atoms with Gasteiger partial charge in [-0.1, -0.05) is 11.6 Å².